The molecule has 0 aromatic carbocycles. The van der Waals surface area contributed by atoms with Crippen LogP contribution in [0.4, 0.5) is 4.79 Å². The zero-order chi connectivity index (χ0) is 9.94. The highest BCUT2D eigenvalue weighted by Crippen LogP contribution is 1.93. The minimum atomic E-state index is -0.605. The maximum Gasteiger partial charge on any atom is 0.508 e. The van der Waals surface area contributed by atoms with Crippen molar-refractivity contribution in [1.82, 2.24) is 0 Å². The molecule has 4 nitrogen and oxygen atoms in total. The molecule has 0 aliphatic rings. The predicted octanol–water partition coefficient (Wildman–Crippen LogP) is 2.10. The minimum absolute atomic E-state index is 0.346. The maximum absolute atomic E-state index is 10.6. The predicted molar refractivity (Wildman–Crippen MR) is 48.4 cm³/mol. The van der Waals surface area contributed by atoms with Crippen molar-refractivity contribution in [3.8, 4) is 0 Å². The summed E-state index contributed by atoms with van der Waals surface area (Å²) in [5.74, 6) is 0. The van der Waals surface area contributed by atoms with E-state index in [1.54, 1.807) is 6.92 Å². The van der Waals surface area contributed by atoms with Gasteiger partial charge in [-0.1, -0.05) is 6.58 Å². The molecule has 0 unspecified atom stereocenters. The van der Waals surface area contributed by atoms with Gasteiger partial charge < -0.3 is 14.2 Å². The topological polar surface area (TPSA) is 44.8 Å². The van der Waals surface area contributed by atoms with Crippen molar-refractivity contribution in [2.45, 2.75) is 19.8 Å². The molecule has 0 atom stereocenters. The van der Waals surface area contributed by atoms with E-state index in [9.17, 15) is 4.79 Å². The van der Waals surface area contributed by atoms with E-state index in [-0.39, 0.29) is 0 Å². The molecule has 0 aromatic rings. The first kappa shape index (κ1) is 11.8. The van der Waals surface area contributed by atoms with Crippen molar-refractivity contribution < 1.29 is 19.0 Å². The van der Waals surface area contributed by atoms with Crippen LogP contribution in [0.3, 0.4) is 0 Å². The summed E-state index contributed by atoms with van der Waals surface area (Å²) in [7, 11) is 0. The van der Waals surface area contributed by atoms with Crippen molar-refractivity contribution in [1.29, 1.82) is 0 Å². The summed E-state index contributed by atoms with van der Waals surface area (Å²) in [6.07, 6.45) is 2.40. The van der Waals surface area contributed by atoms with E-state index in [0.717, 1.165) is 12.8 Å². The van der Waals surface area contributed by atoms with Crippen molar-refractivity contribution in [3.05, 3.63) is 12.8 Å². The number of carbonyl (C=O) groups is 1. The van der Waals surface area contributed by atoms with Gasteiger partial charge in [-0.05, 0) is 19.8 Å². The molecule has 0 radical (unpaired) electrons. The average Bonchev–Trinajstić information content (AvgIpc) is 2.11. The van der Waals surface area contributed by atoms with Crippen LogP contribution in [-0.2, 0) is 14.2 Å². The first-order chi connectivity index (χ1) is 6.31. The Morgan fingerprint density at radius 3 is 2.62 bits per heavy atom. The Bertz CT molecular complexity index is 145. The third kappa shape index (κ3) is 8.72. The highest BCUT2D eigenvalue weighted by atomic mass is 16.7. The Kier molecular flexibility index (Phi) is 8.09. The molecule has 0 spiro atoms. The summed E-state index contributed by atoms with van der Waals surface area (Å²) in [6.45, 7) is 6.47. The molecule has 0 aliphatic heterocycles. The van der Waals surface area contributed by atoms with Crippen molar-refractivity contribution in [3.63, 3.8) is 0 Å². The zero-order valence-electron chi connectivity index (χ0n) is 7.95. The third-order valence-electron chi connectivity index (χ3n) is 1.26. The summed E-state index contributed by atoms with van der Waals surface area (Å²) in [6, 6.07) is 0. The summed E-state index contributed by atoms with van der Waals surface area (Å²) in [5.41, 5.74) is 0. The van der Waals surface area contributed by atoms with Gasteiger partial charge in [0, 0.05) is 0 Å². The maximum atomic E-state index is 10.6. The van der Waals surface area contributed by atoms with Crippen molar-refractivity contribution in [2.75, 3.05) is 19.8 Å². The lowest BCUT2D eigenvalue weighted by molar-refractivity contribution is 0.0567. The van der Waals surface area contributed by atoms with E-state index in [1.165, 1.54) is 6.26 Å². The Morgan fingerprint density at radius 1 is 1.31 bits per heavy atom. The summed E-state index contributed by atoms with van der Waals surface area (Å²) in [5, 5.41) is 0. The molecule has 0 N–H and O–H groups in total. The monoisotopic (exact) mass is 188 g/mol. The normalized spacial score (nSPS) is 9.00. The second-order valence-electron chi connectivity index (χ2n) is 2.28. The van der Waals surface area contributed by atoms with Crippen LogP contribution in [0.2, 0.25) is 0 Å². The third-order valence-corrected chi connectivity index (χ3v) is 1.26. The van der Waals surface area contributed by atoms with Gasteiger partial charge in [0.2, 0.25) is 0 Å². The van der Waals surface area contributed by atoms with Crippen molar-refractivity contribution >= 4 is 6.16 Å². The first-order valence-electron chi connectivity index (χ1n) is 4.33. The van der Waals surface area contributed by atoms with Crippen LogP contribution in [0.15, 0.2) is 12.8 Å². The zero-order valence-corrected chi connectivity index (χ0v) is 7.95. The largest absolute Gasteiger partial charge is 0.508 e. The van der Waals surface area contributed by atoms with Gasteiger partial charge in [0.05, 0.1) is 26.1 Å². The molecular formula is C9H16O4. The Hall–Kier alpha value is -1.19. The Labute approximate surface area is 78.5 Å². The summed E-state index contributed by atoms with van der Waals surface area (Å²) >= 11 is 0. The van der Waals surface area contributed by atoms with Crippen LogP contribution in [0.25, 0.3) is 0 Å². The fraction of sp³-hybridized carbons (Fsp3) is 0.667. The van der Waals surface area contributed by atoms with Gasteiger partial charge >= 0.3 is 6.16 Å². The van der Waals surface area contributed by atoms with Crippen LogP contribution in [-0.4, -0.2) is 26.0 Å². The second-order valence-corrected chi connectivity index (χ2v) is 2.28. The van der Waals surface area contributed by atoms with E-state index >= 15 is 0 Å². The molecule has 0 heterocycles. The van der Waals surface area contributed by atoms with E-state index in [2.05, 4.69) is 11.3 Å². The van der Waals surface area contributed by atoms with Gasteiger partial charge in [0.15, 0.2) is 0 Å². The highest BCUT2D eigenvalue weighted by Gasteiger charge is 2.00. The van der Waals surface area contributed by atoms with Gasteiger partial charge in [-0.15, -0.1) is 0 Å². The van der Waals surface area contributed by atoms with Gasteiger partial charge in [0.1, 0.15) is 0 Å². The molecule has 0 saturated heterocycles. The summed E-state index contributed by atoms with van der Waals surface area (Å²) < 4.78 is 14.2. The van der Waals surface area contributed by atoms with Gasteiger partial charge in [-0.25, -0.2) is 4.79 Å². The molecule has 0 saturated carbocycles. The molecule has 0 bridgehead atoms. The lowest BCUT2D eigenvalue weighted by Gasteiger charge is -2.03. The lowest BCUT2D eigenvalue weighted by atomic mass is 10.3. The number of unbranched alkanes of at least 4 members (excludes halogenated alkanes) is 1. The smallest absolute Gasteiger partial charge is 0.502 e. The standard InChI is InChI=1S/C9H16O4/c1-3-11-7-5-6-8-13-9(10)12-4-2/h3H,1,4-8H2,2H3. The first-order valence-corrected chi connectivity index (χ1v) is 4.33. The average molecular weight is 188 g/mol. The fourth-order valence-corrected chi connectivity index (χ4v) is 0.686. The molecule has 76 valence electrons. The van der Waals surface area contributed by atoms with Crippen molar-refractivity contribution in [2.24, 2.45) is 0 Å². The summed E-state index contributed by atoms with van der Waals surface area (Å²) in [4.78, 5) is 10.6. The highest BCUT2D eigenvalue weighted by molar-refractivity contribution is 5.59. The molecule has 0 amide bonds. The SMILES string of the molecule is C=COCCCCOC(=O)OCC. The van der Waals surface area contributed by atoms with Crippen LogP contribution in [0.1, 0.15) is 19.8 Å². The van der Waals surface area contributed by atoms with Crippen LogP contribution in [0, 0.1) is 0 Å². The lowest BCUT2D eigenvalue weighted by Crippen LogP contribution is -2.08. The van der Waals surface area contributed by atoms with Gasteiger partial charge in [0.25, 0.3) is 0 Å². The number of hydrogen-bond acceptors (Lipinski definition) is 4. The molecule has 0 fully saturated rings. The molecule has 0 aliphatic carbocycles. The number of rotatable bonds is 7. The minimum Gasteiger partial charge on any atom is -0.502 e. The van der Waals surface area contributed by atoms with E-state index < -0.39 is 6.16 Å². The molecule has 0 aromatic heterocycles. The number of hydrogen-bond donors (Lipinski definition) is 0. The van der Waals surface area contributed by atoms with Crippen LogP contribution in [0.5, 0.6) is 0 Å². The number of ether oxygens (including phenoxy) is 3. The fourth-order valence-electron chi connectivity index (χ4n) is 0.686. The molecule has 4 heteroatoms. The van der Waals surface area contributed by atoms with Gasteiger partial charge in [-0.3, -0.25) is 0 Å². The van der Waals surface area contributed by atoms with E-state index in [0.29, 0.717) is 19.8 Å². The molecule has 13 heavy (non-hydrogen) atoms. The van der Waals surface area contributed by atoms with E-state index in [1.807, 2.05) is 0 Å². The quantitative estimate of drug-likeness (QED) is 0.348. The Morgan fingerprint density at radius 2 is 2.00 bits per heavy atom. The number of carbonyl (C=O) groups excluding carboxylic acids is 1. The van der Waals surface area contributed by atoms with E-state index in [4.69, 9.17) is 9.47 Å². The molecular weight excluding hydrogens is 172 g/mol. The Balaban J connectivity index is 3.06. The second kappa shape index (κ2) is 8.90. The molecule has 0 rings (SSSR count). The van der Waals surface area contributed by atoms with Crippen LogP contribution < -0.4 is 0 Å². The van der Waals surface area contributed by atoms with Gasteiger partial charge in [-0.2, -0.15) is 0 Å². The van der Waals surface area contributed by atoms with Crippen LogP contribution >= 0.6 is 0 Å².